The monoisotopic (exact) mass is 336 g/mol. The van der Waals surface area contributed by atoms with E-state index in [4.69, 9.17) is 14.2 Å². The molecular formula is C16H17BrO3. The molecule has 4 heteroatoms. The van der Waals surface area contributed by atoms with Crippen LogP contribution < -0.4 is 14.2 Å². The molecule has 106 valence electrons. The highest BCUT2D eigenvalue weighted by Gasteiger charge is 2.13. The molecule has 0 atom stereocenters. The molecule has 2 aromatic carbocycles. The van der Waals surface area contributed by atoms with Crippen LogP contribution in [0.5, 0.6) is 23.0 Å². The predicted octanol–water partition coefficient (Wildman–Crippen LogP) is 4.70. The molecule has 0 N–H and O–H groups in total. The van der Waals surface area contributed by atoms with Crippen molar-refractivity contribution in [1.82, 2.24) is 0 Å². The van der Waals surface area contributed by atoms with Crippen LogP contribution in [0.1, 0.15) is 11.1 Å². The van der Waals surface area contributed by atoms with Crippen molar-refractivity contribution in [3.05, 3.63) is 47.5 Å². The normalized spacial score (nSPS) is 10.2. The number of alkyl halides is 1. The highest BCUT2D eigenvalue weighted by atomic mass is 79.9. The highest BCUT2D eigenvalue weighted by molar-refractivity contribution is 9.08. The summed E-state index contributed by atoms with van der Waals surface area (Å²) in [6.07, 6.45) is 0. The zero-order valence-electron chi connectivity index (χ0n) is 11.8. The van der Waals surface area contributed by atoms with Crippen LogP contribution in [-0.2, 0) is 5.33 Å². The molecule has 0 radical (unpaired) electrons. The number of para-hydroxylation sites is 1. The summed E-state index contributed by atoms with van der Waals surface area (Å²) < 4.78 is 16.7. The van der Waals surface area contributed by atoms with Gasteiger partial charge in [0.2, 0.25) is 5.75 Å². The molecule has 0 saturated heterocycles. The first-order valence-electron chi connectivity index (χ1n) is 6.24. The summed E-state index contributed by atoms with van der Waals surface area (Å²) in [7, 11) is 3.23. The Morgan fingerprint density at radius 1 is 0.950 bits per heavy atom. The van der Waals surface area contributed by atoms with Gasteiger partial charge in [-0.2, -0.15) is 0 Å². The lowest BCUT2D eigenvalue weighted by molar-refractivity contribution is 0.345. The minimum Gasteiger partial charge on any atom is -0.493 e. The van der Waals surface area contributed by atoms with Gasteiger partial charge in [-0.25, -0.2) is 0 Å². The maximum atomic E-state index is 5.99. The molecule has 0 fully saturated rings. The number of hydrogen-bond donors (Lipinski definition) is 0. The van der Waals surface area contributed by atoms with Gasteiger partial charge in [-0.05, 0) is 36.2 Å². The number of rotatable bonds is 5. The molecule has 2 aromatic rings. The summed E-state index contributed by atoms with van der Waals surface area (Å²) in [4.78, 5) is 0. The van der Waals surface area contributed by atoms with Crippen molar-refractivity contribution >= 4 is 15.9 Å². The summed E-state index contributed by atoms with van der Waals surface area (Å²) in [5.74, 6) is 2.67. The van der Waals surface area contributed by atoms with Crippen LogP contribution in [0.4, 0.5) is 0 Å². The maximum absolute atomic E-state index is 5.99. The van der Waals surface area contributed by atoms with E-state index in [-0.39, 0.29) is 0 Å². The first kappa shape index (κ1) is 14.7. The SMILES string of the molecule is COc1cccc(OC)c1Oc1ccc(CBr)cc1C. The van der Waals surface area contributed by atoms with E-state index in [1.165, 1.54) is 5.56 Å². The van der Waals surface area contributed by atoms with Crippen molar-refractivity contribution in [2.75, 3.05) is 14.2 Å². The second-order valence-electron chi connectivity index (χ2n) is 4.33. The third kappa shape index (κ3) is 3.07. The smallest absolute Gasteiger partial charge is 0.211 e. The molecule has 0 aliphatic carbocycles. The molecule has 0 heterocycles. The topological polar surface area (TPSA) is 27.7 Å². The van der Waals surface area contributed by atoms with Crippen molar-refractivity contribution in [3.8, 4) is 23.0 Å². The van der Waals surface area contributed by atoms with Crippen LogP contribution in [0.2, 0.25) is 0 Å². The molecular weight excluding hydrogens is 320 g/mol. The Morgan fingerprint density at radius 3 is 2.10 bits per heavy atom. The van der Waals surface area contributed by atoms with E-state index in [2.05, 4.69) is 22.0 Å². The molecule has 0 saturated carbocycles. The summed E-state index contributed by atoms with van der Waals surface area (Å²) in [6.45, 7) is 2.02. The minimum atomic E-state index is 0.590. The summed E-state index contributed by atoms with van der Waals surface area (Å²) >= 11 is 3.45. The maximum Gasteiger partial charge on any atom is 0.211 e. The Bertz CT molecular complexity index is 574. The third-order valence-electron chi connectivity index (χ3n) is 2.99. The lowest BCUT2D eigenvalue weighted by Gasteiger charge is -2.15. The molecule has 20 heavy (non-hydrogen) atoms. The van der Waals surface area contributed by atoms with Gasteiger partial charge in [0, 0.05) is 5.33 Å². The molecule has 0 aromatic heterocycles. The standard InChI is InChI=1S/C16H17BrO3/c1-11-9-12(10-17)7-8-13(11)20-16-14(18-2)5-4-6-15(16)19-3/h4-9H,10H2,1-3H3. The van der Waals surface area contributed by atoms with E-state index in [0.29, 0.717) is 17.2 Å². The quantitative estimate of drug-likeness (QED) is 0.740. The van der Waals surface area contributed by atoms with E-state index in [1.54, 1.807) is 14.2 Å². The minimum absolute atomic E-state index is 0.590. The molecule has 0 amide bonds. The van der Waals surface area contributed by atoms with Crippen LogP contribution >= 0.6 is 15.9 Å². The van der Waals surface area contributed by atoms with Gasteiger partial charge in [0.15, 0.2) is 11.5 Å². The number of methoxy groups -OCH3 is 2. The molecule has 0 bridgehead atoms. The summed E-state index contributed by atoms with van der Waals surface area (Å²) in [5, 5.41) is 0.825. The van der Waals surface area contributed by atoms with E-state index >= 15 is 0 Å². The van der Waals surface area contributed by atoms with Gasteiger partial charge in [0.1, 0.15) is 5.75 Å². The van der Waals surface area contributed by atoms with E-state index in [9.17, 15) is 0 Å². The average molecular weight is 337 g/mol. The average Bonchev–Trinajstić information content (AvgIpc) is 2.49. The predicted molar refractivity (Wildman–Crippen MR) is 83.4 cm³/mol. The van der Waals surface area contributed by atoms with Crippen molar-refractivity contribution in [1.29, 1.82) is 0 Å². The lowest BCUT2D eigenvalue weighted by Crippen LogP contribution is -1.96. The second kappa shape index (κ2) is 6.66. The van der Waals surface area contributed by atoms with Crippen molar-refractivity contribution in [2.45, 2.75) is 12.3 Å². The Morgan fingerprint density at radius 2 is 1.60 bits per heavy atom. The number of aryl methyl sites for hydroxylation is 1. The van der Waals surface area contributed by atoms with Gasteiger partial charge in [0.05, 0.1) is 14.2 Å². The van der Waals surface area contributed by atoms with Crippen LogP contribution in [0.15, 0.2) is 36.4 Å². The molecule has 0 aliphatic heterocycles. The largest absolute Gasteiger partial charge is 0.493 e. The van der Waals surface area contributed by atoms with Gasteiger partial charge in [-0.15, -0.1) is 0 Å². The Hall–Kier alpha value is -1.68. The molecule has 0 spiro atoms. The zero-order valence-corrected chi connectivity index (χ0v) is 13.4. The van der Waals surface area contributed by atoms with E-state index in [0.717, 1.165) is 16.6 Å². The van der Waals surface area contributed by atoms with E-state index < -0.39 is 0 Å². The van der Waals surface area contributed by atoms with Crippen LogP contribution in [-0.4, -0.2) is 14.2 Å². The highest BCUT2D eigenvalue weighted by Crippen LogP contribution is 2.40. The van der Waals surface area contributed by atoms with Crippen LogP contribution in [0, 0.1) is 6.92 Å². The van der Waals surface area contributed by atoms with Crippen LogP contribution in [0.25, 0.3) is 0 Å². The van der Waals surface area contributed by atoms with Crippen molar-refractivity contribution < 1.29 is 14.2 Å². The Balaban J connectivity index is 2.39. The van der Waals surface area contributed by atoms with Gasteiger partial charge in [-0.3, -0.25) is 0 Å². The number of ether oxygens (including phenoxy) is 3. The first-order chi connectivity index (χ1) is 9.69. The summed E-state index contributed by atoms with van der Waals surface area (Å²) in [5.41, 5.74) is 2.27. The number of benzene rings is 2. The molecule has 2 rings (SSSR count). The van der Waals surface area contributed by atoms with Crippen molar-refractivity contribution in [2.24, 2.45) is 0 Å². The van der Waals surface area contributed by atoms with Gasteiger partial charge in [-0.1, -0.05) is 34.1 Å². The van der Waals surface area contributed by atoms with Crippen molar-refractivity contribution in [3.63, 3.8) is 0 Å². The Kier molecular flexibility index (Phi) is 4.90. The van der Waals surface area contributed by atoms with Gasteiger partial charge >= 0.3 is 0 Å². The number of halogens is 1. The molecule has 0 unspecified atom stereocenters. The van der Waals surface area contributed by atoms with Gasteiger partial charge in [0.25, 0.3) is 0 Å². The lowest BCUT2D eigenvalue weighted by atomic mass is 10.1. The molecule has 0 aliphatic rings. The zero-order chi connectivity index (χ0) is 14.5. The fourth-order valence-corrected chi connectivity index (χ4v) is 2.29. The molecule has 3 nitrogen and oxygen atoms in total. The summed E-state index contributed by atoms with van der Waals surface area (Å²) in [6, 6.07) is 11.6. The van der Waals surface area contributed by atoms with Crippen LogP contribution in [0.3, 0.4) is 0 Å². The fraction of sp³-hybridized carbons (Fsp3) is 0.250. The Labute approximate surface area is 127 Å². The fourth-order valence-electron chi connectivity index (χ4n) is 1.94. The second-order valence-corrected chi connectivity index (χ2v) is 4.89. The number of hydrogen-bond acceptors (Lipinski definition) is 3. The third-order valence-corrected chi connectivity index (χ3v) is 3.64. The van der Waals surface area contributed by atoms with Gasteiger partial charge < -0.3 is 14.2 Å². The first-order valence-corrected chi connectivity index (χ1v) is 7.36. The van der Waals surface area contributed by atoms with E-state index in [1.807, 2.05) is 37.3 Å².